The average molecular weight is 221 g/mol. The molecule has 1 saturated carbocycles. The van der Waals surface area contributed by atoms with Gasteiger partial charge in [-0.1, -0.05) is 12.8 Å². The summed E-state index contributed by atoms with van der Waals surface area (Å²) in [5, 5.41) is 2.07. The number of hydrogen-bond acceptors (Lipinski definition) is 3. The summed E-state index contributed by atoms with van der Waals surface area (Å²) in [6.07, 6.45) is 6.76. The van der Waals surface area contributed by atoms with E-state index in [1.165, 1.54) is 18.5 Å². The summed E-state index contributed by atoms with van der Waals surface area (Å²) in [4.78, 5) is 5.63. The molecular formula is C11H15N3S. The second-order valence-corrected chi connectivity index (χ2v) is 5.34. The van der Waals surface area contributed by atoms with Gasteiger partial charge in [-0.25, -0.2) is 4.98 Å². The average Bonchev–Trinajstić information content (AvgIpc) is 2.80. The van der Waals surface area contributed by atoms with Crippen molar-refractivity contribution in [1.82, 2.24) is 9.38 Å². The molecule has 80 valence electrons. The zero-order valence-electron chi connectivity index (χ0n) is 8.86. The Bertz CT molecular complexity index is 491. The summed E-state index contributed by atoms with van der Waals surface area (Å²) < 4.78 is 2.17. The van der Waals surface area contributed by atoms with E-state index in [2.05, 4.69) is 27.9 Å². The van der Waals surface area contributed by atoms with Crippen LogP contribution < -0.4 is 5.73 Å². The Morgan fingerprint density at radius 2 is 2.20 bits per heavy atom. The molecule has 3 nitrogen and oxygen atoms in total. The normalized spacial score (nSPS) is 20.1. The molecule has 0 aromatic carbocycles. The molecule has 2 N–H and O–H groups in total. The molecule has 0 amide bonds. The van der Waals surface area contributed by atoms with Crippen LogP contribution in [0.1, 0.15) is 37.1 Å². The summed E-state index contributed by atoms with van der Waals surface area (Å²) in [5.41, 5.74) is 8.70. The Morgan fingerprint density at radius 1 is 1.47 bits per heavy atom. The van der Waals surface area contributed by atoms with Crippen LogP contribution in [-0.2, 0) is 5.54 Å². The van der Waals surface area contributed by atoms with Gasteiger partial charge >= 0.3 is 0 Å². The van der Waals surface area contributed by atoms with E-state index in [1.54, 1.807) is 11.3 Å². The Balaban J connectivity index is 2.23. The SMILES string of the molecule is Cc1nc2sccn2c1C1(N)CCCC1. The molecule has 2 heterocycles. The summed E-state index contributed by atoms with van der Waals surface area (Å²) in [7, 11) is 0. The molecule has 3 rings (SSSR count). The number of hydrogen-bond donors (Lipinski definition) is 1. The van der Waals surface area contributed by atoms with Crippen molar-refractivity contribution in [2.75, 3.05) is 0 Å². The molecule has 4 heteroatoms. The predicted octanol–water partition coefficient (Wildman–Crippen LogP) is 2.43. The number of imidazole rings is 1. The minimum Gasteiger partial charge on any atom is -0.320 e. The van der Waals surface area contributed by atoms with Gasteiger partial charge in [0.05, 0.1) is 16.9 Å². The minimum atomic E-state index is -0.134. The first-order valence-electron chi connectivity index (χ1n) is 5.42. The molecule has 1 fully saturated rings. The highest BCUT2D eigenvalue weighted by Crippen LogP contribution is 2.38. The molecule has 0 atom stereocenters. The molecule has 0 spiro atoms. The highest BCUT2D eigenvalue weighted by Gasteiger charge is 2.35. The molecule has 0 bridgehead atoms. The molecule has 2 aromatic heterocycles. The summed E-state index contributed by atoms with van der Waals surface area (Å²) >= 11 is 1.68. The van der Waals surface area contributed by atoms with E-state index in [4.69, 9.17) is 5.73 Å². The van der Waals surface area contributed by atoms with Crippen LogP contribution in [0, 0.1) is 6.92 Å². The first kappa shape index (κ1) is 9.36. The highest BCUT2D eigenvalue weighted by molar-refractivity contribution is 7.15. The molecule has 1 aliphatic carbocycles. The number of aromatic nitrogens is 2. The Labute approximate surface area is 92.9 Å². The number of nitrogens with two attached hydrogens (primary N) is 1. The largest absolute Gasteiger partial charge is 0.320 e. The minimum absolute atomic E-state index is 0.134. The lowest BCUT2D eigenvalue weighted by Gasteiger charge is -2.23. The van der Waals surface area contributed by atoms with Crippen LogP contribution in [0.2, 0.25) is 0 Å². The molecule has 0 saturated heterocycles. The number of aryl methyl sites for hydroxylation is 1. The van der Waals surface area contributed by atoms with Crippen molar-refractivity contribution in [3.63, 3.8) is 0 Å². The van der Waals surface area contributed by atoms with E-state index < -0.39 is 0 Å². The standard InChI is InChI=1S/C11H15N3S/c1-8-9(11(12)4-2-3-5-11)14-6-7-15-10(14)13-8/h6-7H,2-5,12H2,1H3. The van der Waals surface area contributed by atoms with Crippen molar-refractivity contribution >= 4 is 16.3 Å². The van der Waals surface area contributed by atoms with Gasteiger partial charge < -0.3 is 5.73 Å². The first-order valence-corrected chi connectivity index (χ1v) is 6.30. The third-order valence-corrected chi connectivity index (χ3v) is 4.16. The van der Waals surface area contributed by atoms with Crippen molar-refractivity contribution < 1.29 is 0 Å². The van der Waals surface area contributed by atoms with Crippen molar-refractivity contribution in [2.45, 2.75) is 38.1 Å². The molecule has 2 aromatic rings. The van der Waals surface area contributed by atoms with Gasteiger partial charge in [-0.05, 0) is 19.8 Å². The second kappa shape index (κ2) is 3.06. The van der Waals surface area contributed by atoms with Gasteiger partial charge in [0.2, 0.25) is 0 Å². The maximum absolute atomic E-state index is 6.49. The van der Waals surface area contributed by atoms with Crippen molar-refractivity contribution in [3.05, 3.63) is 23.0 Å². The van der Waals surface area contributed by atoms with E-state index in [0.717, 1.165) is 23.5 Å². The molecule has 0 aliphatic heterocycles. The molecule has 15 heavy (non-hydrogen) atoms. The Hall–Kier alpha value is -0.870. The molecule has 1 aliphatic rings. The van der Waals surface area contributed by atoms with Gasteiger partial charge in [0.15, 0.2) is 4.96 Å². The molecule has 0 radical (unpaired) electrons. The smallest absolute Gasteiger partial charge is 0.194 e. The lowest BCUT2D eigenvalue weighted by atomic mass is 9.93. The lowest BCUT2D eigenvalue weighted by Crippen LogP contribution is -2.35. The fourth-order valence-corrected chi connectivity index (χ4v) is 3.50. The van der Waals surface area contributed by atoms with Gasteiger partial charge in [-0.15, -0.1) is 11.3 Å². The van der Waals surface area contributed by atoms with Crippen LogP contribution in [0.5, 0.6) is 0 Å². The maximum Gasteiger partial charge on any atom is 0.194 e. The zero-order chi connectivity index (χ0) is 10.5. The number of rotatable bonds is 1. The number of nitrogens with zero attached hydrogens (tertiary/aromatic N) is 2. The third-order valence-electron chi connectivity index (χ3n) is 3.40. The lowest BCUT2D eigenvalue weighted by molar-refractivity contribution is 0.441. The van der Waals surface area contributed by atoms with E-state index >= 15 is 0 Å². The van der Waals surface area contributed by atoms with E-state index in [-0.39, 0.29) is 5.54 Å². The Kier molecular flexibility index (Phi) is 1.91. The van der Waals surface area contributed by atoms with E-state index in [0.29, 0.717) is 0 Å². The molecular weight excluding hydrogens is 206 g/mol. The fourth-order valence-electron chi connectivity index (χ4n) is 2.74. The topological polar surface area (TPSA) is 43.3 Å². The Morgan fingerprint density at radius 3 is 2.93 bits per heavy atom. The second-order valence-electron chi connectivity index (χ2n) is 4.46. The first-order chi connectivity index (χ1) is 7.21. The van der Waals surface area contributed by atoms with Crippen LogP contribution in [0.3, 0.4) is 0 Å². The summed E-state index contributed by atoms with van der Waals surface area (Å²) in [6.45, 7) is 2.07. The van der Waals surface area contributed by atoms with Gasteiger partial charge in [-0.2, -0.15) is 0 Å². The monoisotopic (exact) mass is 221 g/mol. The highest BCUT2D eigenvalue weighted by atomic mass is 32.1. The third kappa shape index (κ3) is 1.25. The summed E-state index contributed by atoms with van der Waals surface area (Å²) in [6, 6.07) is 0. The van der Waals surface area contributed by atoms with Crippen LogP contribution in [0.15, 0.2) is 11.6 Å². The summed E-state index contributed by atoms with van der Waals surface area (Å²) in [5.74, 6) is 0. The molecule has 0 unspecified atom stereocenters. The van der Waals surface area contributed by atoms with E-state index in [9.17, 15) is 0 Å². The fraction of sp³-hybridized carbons (Fsp3) is 0.545. The van der Waals surface area contributed by atoms with Crippen LogP contribution in [0.25, 0.3) is 4.96 Å². The van der Waals surface area contributed by atoms with Crippen molar-refractivity contribution in [1.29, 1.82) is 0 Å². The van der Waals surface area contributed by atoms with Gasteiger partial charge in [0, 0.05) is 11.6 Å². The zero-order valence-corrected chi connectivity index (χ0v) is 9.68. The number of thiazole rings is 1. The van der Waals surface area contributed by atoms with Crippen LogP contribution in [-0.4, -0.2) is 9.38 Å². The van der Waals surface area contributed by atoms with Gasteiger partial charge in [0.25, 0.3) is 0 Å². The predicted molar refractivity (Wildman–Crippen MR) is 62.1 cm³/mol. The van der Waals surface area contributed by atoms with Crippen molar-refractivity contribution in [2.24, 2.45) is 5.73 Å². The van der Waals surface area contributed by atoms with E-state index in [1.807, 2.05) is 0 Å². The number of fused-ring (bicyclic) bond motifs is 1. The quantitative estimate of drug-likeness (QED) is 0.803. The van der Waals surface area contributed by atoms with Crippen LogP contribution >= 0.6 is 11.3 Å². The van der Waals surface area contributed by atoms with Crippen molar-refractivity contribution in [3.8, 4) is 0 Å². The maximum atomic E-state index is 6.49. The van der Waals surface area contributed by atoms with Gasteiger partial charge in [-0.3, -0.25) is 4.40 Å². The van der Waals surface area contributed by atoms with Gasteiger partial charge in [0.1, 0.15) is 0 Å². The van der Waals surface area contributed by atoms with Crippen LogP contribution in [0.4, 0.5) is 0 Å².